The van der Waals surface area contributed by atoms with Crippen LogP contribution in [0, 0.1) is 11.8 Å². The monoisotopic (exact) mass is 708 g/mol. The fourth-order valence-electron chi connectivity index (χ4n) is 6.09. The van der Waals surface area contributed by atoms with E-state index in [2.05, 4.69) is 5.32 Å². The molecule has 4 aliphatic heterocycles. The van der Waals surface area contributed by atoms with Gasteiger partial charge >= 0.3 is 18.1 Å². The van der Waals surface area contributed by atoms with E-state index in [4.69, 9.17) is 58.3 Å². The van der Waals surface area contributed by atoms with E-state index in [1.807, 2.05) is 30.3 Å². The van der Waals surface area contributed by atoms with E-state index in [-0.39, 0.29) is 19.7 Å². The molecule has 1 aromatic carbocycles. The van der Waals surface area contributed by atoms with Crippen LogP contribution in [0.2, 0.25) is 0 Å². The Hall–Kier alpha value is -2.94. The number of hydrogen-bond acceptors (Lipinski definition) is 13. The summed E-state index contributed by atoms with van der Waals surface area (Å²) in [5.41, 5.74) is 6.88. The van der Waals surface area contributed by atoms with Crippen molar-refractivity contribution >= 4 is 17.8 Å². The second-order valence-corrected chi connectivity index (χ2v) is 12.6. The summed E-state index contributed by atoms with van der Waals surface area (Å²) in [6, 6.07) is 9.30. The number of ether oxygens (including phenoxy) is 9. The molecule has 15 nitrogen and oxygen atoms in total. The van der Waals surface area contributed by atoms with Gasteiger partial charge in [0.05, 0.1) is 5.92 Å². The van der Waals surface area contributed by atoms with E-state index in [9.17, 15) is 22.8 Å². The lowest BCUT2D eigenvalue weighted by atomic mass is 9.93. The number of benzene rings is 1. The molecule has 0 saturated carbocycles. The van der Waals surface area contributed by atoms with Crippen molar-refractivity contribution in [3.63, 3.8) is 0 Å². The Morgan fingerprint density at radius 2 is 1.35 bits per heavy atom. The fraction of sp³-hybridized carbons (Fsp3) is 0.710. The van der Waals surface area contributed by atoms with E-state index in [1.165, 1.54) is 14.2 Å². The molecule has 5 rings (SSSR count). The maximum absolute atomic E-state index is 13.5. The van der Waals surface area contributed by atoms with Gasteiger partial charge in [0.15, 0.2) is 24.2 Å². The third-order valence-corrected chi connectivity index (χ3v) is 8.25. The van der Waals surface area contributed by atoms with Gasteiger partial charge in [-0.3, -0.25) is 9.59 Å². The number of carbonyl (C=O) groups is 3. The lowest BCUT2D eigenvalue weighted by Crippen LogP contribution is -2.51. The topological polar surface area (TPSA) is 193 Å². The number of amides is 1. The van der Waals surface area contributed by atoms with Crippen LogP contribution in [0.5, 0.6) is 0 Å². The maximum Gasteiger partial charge on any atom is 0.490 e. The molecule has 4 saturated heterocycles. The summed E-state index contributed by atoms with van der Waals surface area (Å²) in [7, 11) is 3.03. The second kappa shape index (κ2) is 15.5. The summed E-state index contributed by atoms with van der Waals surface area (Å²) in [5, 5.41) is 9.99. The number of carboxylic acid groups (broad SMARTS) is 1. The number of esters is 1. The fourth-order valence-corrected chi connectivity index (χ4v) is 6.09. The normalized spacial score (nSPS) is 32.3. The van der Waals surface area contributed by atoms with Gasteiger partial charge in [-0.1, -0.05) is 30.3 Å². The van der Waals surface area contributed by atoms with E-state index in [1.54, 1.807) is 27.7 Å². The van der Waals surface area contributed by atoms with Crippen molar-refractivity contribution in [2.24, 2.45) is 17.6 Å². The van der Waals surface area contributed by atoms with Crippen molar-refractivity contribution < 1.29 is 75.3 Å². The molecular formula is C31H43F3N2O13. The van der Waals surface area contributed by atoms with Crippen LogP contribution in [-0.4, -0.2) is 117 Å². The molecule has 4 N–H and O–H groups in total. The smallest absolute Gasteiger partial charge is 0.475 e. The van der Waals surface area contributed by atoms with E-state index < -0.39 is 96.6 Å². The van der Waals surface area contributed by atoms with Gasteiger partial charge in [0.25, 0.3) is 0 Å². The van der Waals surface area contributed by atoms with Crippen molar-refractivity contribution in [2.45, 2.75) is 101 Å². The number of hydrogen-bond donors (Lipinski definition) is 3. The van der Waals surface area contributed by atoms with Gasteiger partial charge in [-0.2, -0.15) is 13.2 Å². The van der Waals surface area contributed by atoms with Crippen LogP contribution in [0.4, 0.5) is 13.2 Å². The predicted octanol–water partition coefficient (Wildman–Crippen LogP) is 1.45. The van der Waals surface area contributed by atoms with Crippen LogP contribution in [0.1, 0.15) is 33.3 Å². The summed E-state index contributed by atoms with van der Waals surface area (Å²) in [5.74, 6) is -7.23. The molecule has 0 bridgehead atoms. The first-order chi connectivity index (χ1) is 22.9. The molecule has 1 aromatic rings. The van der Waals surface area contributed by atoms with Crippen LogP contribution in [0.25, 0.3) is 0 Å². The first-order valence-corrected chi connectivity index (χ1v) is 15.5. The second-order valence-electron chi connectivity index (χ2n) is 12.6. The van der Waals surface area contributed by atoms with Gasteiger partial charge in [-0.25, -0.2) is 4.79 Å². The van der Waals surface area contributed by atoms with Crippen LogP contribution < -0.4 is 11.1 Å². The summed E-state index contributed by atoms with van der Waals surface area (Å²) >= 11 is 0. The number of fused-ring (bicyclic) bond motifs is 2. The Morgan fingerprint density at radius 3 is 1.78 bits per heavy atom. The standard InChI is InChI=1S/C29H42N2O11.C2HF3O2/c1-28(2)39-22-20(34-5)18(37-26(22)41-28)16(12-30)24(32)31-13-17(25(33)36-14-15-10-8-7-9-11-15)19-21(35-6)23-27(38-19)42-29(3,4)40-23;3-2(4,5)1(6)7/h7-11,16-23,26-27H,12-14,30H2,1-6H3,(H,31,32);(H,6,7)/t16-,17+,18-,19-,20+,21+,22-,23-,26-,27-;/m1./s1. The highest BCUT2D eigenvalue weighted by molar-refractivity contribution is 5.81. The minimum absolute atomic E-state index is 0.0378. The van der Waals surface area contributed by atoms with E-state index in [0.717, 1.165) is 5.56 Å². The number of nitrogens with one attached hydrogen (secondary N) is 1. The Bertz CT molecular complexity index is 1300. The molecule has 276 valence electrons. The molecule has 0 radical (unpaired) electrons. The van der Waals surface area contributed by atoms with Crippen molar-refractivity contribution in [2.75, 3.05) is 27.3 Å². The predicted molar refractivity (Wildman–Crippen MR) is 158 cm³/mol. The van der Waals surface area contributed by atoms with Gasteiger partial charge < -0.3 is 58.8 Å². The highest BCUT2D eigenvalue weighted by Gasteiger charge is 2.59. The third-order valence-electron chi connectivity index (χ3n) is 8.25. The van der Waals surface area contributed by atoms with Crippen LogP contribution in [0.15, 0.2) is 30.3 Å². The van der Waals surface area contributed by atoms with Crippen LogP contribution in [0.3, 0.4) is 0 Å². The molecule has 10 atom stereocenters. The number of carbonyl (C=O) groups excluding carboxylic acids is 2. The molecule has 18 heteroatoms. The molecule has 1 amide bonds. The average molecular weight is 709 g/mol. The highest BCUT2D eigenvalue weighted by Crippen LogP contribution is 2.42. The lowest BCUT2D eigenvalue weighted by molar-refractivity contribution is -0.224. The van der Waals surface area contributed by atoms with Gasteiger partial charge in [0.2, 0.25) is 5.91 Å². The zero-order chi connectivity index (χ0) is 36.3. The highest BCUT2D eigenvalue weighted by atomic mass is 19.4. The van der Waals surface area contributed by atoms with Crippen molar-refractivity contribution in [1.82, 2.24) is 5.32 Å². The summed E-state index contributed by atoms with van der Waals surface area (Å²) in [6.07, 6.45) is -10.4. The molecular weight excluding hydrogens is 665 g/mol. The molecule has 0 aliphatic carbocycles. The lowest BCUT2D eigenvalue weighted by Gasteiger charge is -2.31. The number of alkyl halides is 3. The number of rotatable bonds is 11. The van der Waals surface area contributed by atoms with Crippen LogP contribution in [-0.2, 0) is 63.6 Å². The quantitative estimate of drug-likeness (QED) is 0.280. The third kappa shape index (κ3) is 9.25. The zero-order valence-electron chi connectivity index (χ0n) is 27.8. The number of methoxy groups -OCH3 is 2. The largest absolute Gasteiger partial charge is 0.490 e. The van der Waals surface area contributed by atoms with E-state index in [0.29, 0.717) is 0 Å². The Morgan fingerprint density at radius 1 is 0.878 bits per heavy atom. The van der Waals surface area contributed by atoms with Crippen molar-refractivity contribution in [1.29, 1.82) is 0 Å². The Balaban J connectivity index is 0.000000698. The van der Waals surface area contributed by atoms with Crippen molar-refractivity contribution in [3.8, 4) is 0 Å². The van der Waals surface area contributed by atoms with E-state index >= 15 is 0 Å². The first-order valence-electron chi connectivity index (χ1n) is 15.5. The summed E-state index contributed by atoms with van der Waals surface area (Å²) in [6.45, 7) is 7.01. The number of halogens is 3. The molecule has 0 aromatic heterocycles. The minimum Gasteiger partial charge on any atom is -0.475 e. The van der Waals surface area contributed by atoms with Gasteiger partial charge in [-0.15, -0.1) is 0 Å². The maximum atomic E-state index is 13.5. The number of aliphatic carboxylic acids is 1. The molecule has 0 spiro atoms. The minimum atomic E-state index is -5.08. The summed E-state index contributed by atoms with van der Waals surface area (Å²) in [4.78, 5) is 36.0. The summed E-state index contributed by atoms with van der Waals surface area (Å²) < 4.78 is 84.7. The SMILES string of the molecule is CO[C@@H]1[C@H]2OC(C)(C)O[C@H]2O[C@@H]1[C@H](CNC(=O)[C@H](CN)[C@H]1O[C@@H]2OC(C)(C)O[C@@H]2[C@H]1OC)C(=O)OCc1ccccc1.O=C(O)C(F)(F)F. The van der Waals surface area contributed by atoms with Gasteiger partial charge in [-0.05, 0) is 33.3 Å². The number of carboxylic acids is 1. The average Bonchev–Trinajstić information content (AvgIpc) is 3.70. The number of nitrogens with two attached hydrogens (primary N) is 1. The molecule has 4 aliphatic rings. The first kappa shape index (κ1) is 38.9. The zero-order valence-corrected chi connectivity index (χ0v) is 27.8. The molecule has 4 fully saturated rings. The Labute approximate surface area is 280 Å². The molecule has 49 heavy (non-hydrogen) atoms. The Kier molecular flexibility index (Phi) is 12.3. The van der Waals surface area contributed by atoms with Crippen molar-refractivity contribution in [3.05, 3.63) is 35.9 Å². The van der Waals surface area contributed by atoms with Gasteiger partial charge in [0.1, 0.15) is 49.1 Å². The van der Waals surface area contributed by atoms with Crippen LogP contribution >= 0.6 is 0 Å². The van der Waals surface area contributed by atoms with Gasteiger partial charge in [0, 0.05) is 27.3 Å². The molecule has 0 unspecified atom stereocenters. The molecule has 4 heterocycles.